The molecular formula is C57H114F2N2. The minimum Gasteiger partial charge on any atom is -0.328 e. The fourth-order valence-electron chi connectivity index (χ4n) is 10.6. The summed E-state index contributed by atoms with van der Waals surface area (Å²) in [6.07, 6.45) is 33.5. The Kier molecular flexibility index (Phi) is 31.3. The van der Waals surface area contributed by atoms with E-state index < -0.39 is 5.92 Å². The first-order chi connectivity index (χ1) is 28.6. The van der Waals surface area contributed by atoms with Crippen molar-refractivity contribution in [3.63, 3.8) is 0 Å². The van der Waals surface area contributed by atoms with E-state index in [4.69, 9.17) is 5.73 Å². The number of nitrogens with zero attached hydrogens (tertiary/aromatic N) is 1. The number of rotatable bonds is 7. The average molecular weight is 866 g/mol. The van der Waals surface area contributed by atoms with Gasteiger partial charge in [-0.3, -0.25) is 0 Å². The van der Waals surface area contributed by atoms with Gasteiger partial charge < -0.3 is 10.6 Å². The van der Waals surface area contributed by atoms with E-state index in [1.165, 1.54) is 141 Å². The molecule has 0 heterocycles. The molecule has 366 valence electrons. The quantitative estimate of drug-likeness (QED) is 0.276. The van der Waals surface area contributed by atoms with Gasteiger partial charge in [0.05, 0.1) is 0 Å². The first-order valence-corrected chi connectivity index (χ1v) is 27.4. The zero-order valence-corrected chi connectivity index (χ0v) is 44.3. The van der Waals surface area contributed by atoms with Crippen LogP contribution in [0.5, 0.6) is 0 Å². The molecule has 0 aromatic rings. The Morgan fingerprint density at radius 1 is 0.377 bits per heavy atom. The summed E-state index contributed by atoms with van der Waals surface area (Å²) < 4.78 is 24.8. The highest BCUT2D eigenvalue weighted by Gasteiger charge is 2.33. The zero-order valence-electron chi connectivity index (χ0n) is 44.3. The summed E-state index contributed by atoms with van der Waals surface area (Å²) in [5, 5.41) is 0. The second-order valence-corrected chi connectivity index (χ2v) is 24.2. The first-order valence-electron chi connectivity index (χ1n) is 27.4. The van der Waals surface area contributed by atoms with Crippen LogP contribution in [0.2, 0.25) is 0 Å². The fraction of sp³-hybridized carbons (Fsp3) is 1.00. The maximum Gasteiger partial charge on any atom is 0.248 e. The normalized spacial score (nSPS) is 27.3. The summed E-state index contributed by atoms with van der Waals surface area (Å²) >= 11 is 0. The Morgan fingerprint density at radius 3 is 0.869 bits per heavy atom. The van der Waals surface area contributed by atoms with Crippen molar-refractivity contribution >= 4 is 0 Å². The van der Waals surface area contributed by atoms with Crippen molar-refractivity contribution in [1.29, 1.82) is 0 Å². The third-order valence-electron chi connectivity index (χ3n) is 16.8. The van der Waals surface area contributed by atoms with Gasteiger partial charge in [-0.05, 0) is 168 Å². The summed E-state index contributed by atoms with van der Waals surface area (Å²) in [5.41, 5.74) is 5.80. The highest BCUT2D eigenvalue weighted by Crippen LogP contribution is 2.37. The predicted octanol–water partition coefficient (Wildman–Crippen LogP) is 18.3. The topological polar surface area (TPSA) is 29.3 Å². The van der Waals surface area contributed by atoms with Crippen LogP contribution in [-0.2, 0) is 0 Å². The number of halogens is 2. The SMILES string of the molecule is CC(C)C1CC1.CC(C)C1CCC(N(C)C)CC1.CC(C)C1CCC(N)CC1.CC(C)C1CCC1.CC(C)C1CCCC1.CC(C)C1CCCCC1.CC1CCC(F)(F)CC1. The van der Waals surface area contributed by atoms with E-state index in [9.17, 15) is 8.78 Å². The summed E-state index contributed by atoms with van der Waals surface area (Å²) in [5.74, 6) is 10.00. The van der Waals surface area contributed by atoms with Crippen LogP contribution in [0.15, 0.2) is 0 Å². The smallest absolute Gasteiger partial charge is 0.248 e. The molecule has 0 saturated heterocycles. The minimum atomic E-state index is -2.34. The Hall–Kier alpha value is -0.220. The summed E-state index contributed by atoms with van der Waals surface area (Å²) in [6.45, 7) is 30.1. The van der Waals surface area contributed by atoms with Crippen molar-refractivity contribution in [3.8, 4) is 0 Å². The molecule has 0 aliphatic heterocycles. The number of hydrogen-bond acceptors (Lipinski definition) is 2. The molecule has 0 spiro atoms. The molecule has 7 aliphatic carbocycles. The molecule has 0 unspecified atom stereocenters. The lowest BCUT2D eigenvalue weighted by atomic mass is 9.78. The van der Waals surface area contributed by atoms with Crippen molar-refractivity contribution in [1.82, 2.24) is 4.90 Å². The Bertz CT molecular complexity index is 957. The summed E-state index contributed by atoms with van der Waals surface area (Å²) in [4.78, 5) is 2.39. The van der Waals surface area contributed by atoms with Gasteiger partial charge >= 0.3 is 0 Å². The lowest BCUT2D eigenvalue weighted by Crippen LogP contribution is -2.33. The van der Waals surface area contributed by atoms with Crippen LogP contribution in [0.25, 0.3) is 0 Å². The molecule has 2 nitrogen and oxygen atoms in total. The Balaban J connectivity index is 0.000000359. The molecule has 0 aromatic carbocycles. The second kappa shape index (κ2) is 32.5. The van der Waals surface area contributed by atoms with Crippen LogP contribution in [0.4, 0.5) is 8.78 Å². The molecule has 7 rings (SSSR count). The molecular weight excluding hydrogens is 751 g/mol. The average Bonchev–Trinajstić information content (AvgIpc) is 3.91. The van der Waals surface area contributed by atoms with Crippen molar-refractivity contribution in [2.75, 3.05) is 14.1 Å². The number of nitrogens with two attached hydrogens (primary N) is 1. The second-order valence-electron chi connectivity index (χ2n) is 24.2. The van der Waals surface area contributed by atoms with Gasteiger partial charge in [-0.15, -0.1) is 0 Å². The van der Waals surface area contributed by atoms with E-state index in [-0.39, 0.29) is 12.8 Å². The van der Waals surface area contributed by atoms with E-state index in [0.29, 0.717) is 24.8 Å². The molecule has 0 radical (unpaired) electrons. The molecule has 61 heavy (non-hydrogen) atoms. The fourth-order valence-corrected chi connectivity index (χ4v) is 10.6. The molecule has 0 aromatic heterocycles. The molecule has 7 saturated carbocycles. The van der Waals surface area contributed by atoms with Crippen molar-refractivity contribution < 1.29 is 8.78 Å². The molecule has 0 amide bonds. The number of alkyl halides is 2. The maximum atomic E-state index is 12.4. The number of hydrogen-bond donors (Lipinski definition) is 1. The van der Waals surface area contributed by atoms with Gasteiger partial charge in [0.2, 0.25) is 5.92 Å². The highest BCUT2D eigenvalue weighted by molar-refractivity contribution is 4.79. The zero-order chi connectivity index (χ0) is 46.1. The van der Waals surface area contributed by atoms with Gasteiger partial charge in [-0.2, -0.15) is 0 Å². The first kappa shape index (κ1) is 58.8. The van der Waals surface area contributed by atoms with Crippen LogP contribution in [-0.4, -0.2) is 37.0 Å². The maximum absolute atomic E-state index is 12.4. The summed E-state index contributed by atoms with van der Waals surface area (Å²) in [7, 11) is 4.42. The standard InChI is InChI=1S/C11H23N.C9H19N.C9H18.C8H16.C7H12F2.C7H14.C6H12/c1-9(2)10-5-7-11(8-6-10)12(3)4;1-7(2)8-3-5-9(10)6-4-8;1-8(2)9-6-4-3-5-7-9;1-7(2)8-5-3-4-6-8;1-6-2-4-7(8,9)5-3-6;1-6(2)7-4-3-5-7;1-5(2)6-3-4-6/h9-11H,5-8H2,1-4H3;7-9H,3-6,10H2,1-2H3;8-9H,3-7H2,1-2H3;7-8H,3-6H2,1-2H3;6H,2-5H2,1H3;6-7H,3-5H2,1-2H3;5-6H,3-4H2,1-2H3. The molecule has 7 aliphatic rings. The van der Waals surface area contributed by atoms with Crippen LogP contribution < -0.4 is 5.73 Å². The van der Waals surface area contributed by atoms with E-state index in [1.807, 2.05) is 6.92 Å². The third-order valence-corrected chi connectivity index (χ3v) is 16.8. The van der Waals surface area contributed by atoms with Gasteiger partial charge in [0.15, 0.2) is 0 Å². The van der Waals surface area contributed by atoms with Gasteiger partial charge in [0.25, 0.3) is 0 Å². The molecule has 4 heteroatoms. The largest absolute Gasteiger partial charge is 0.328 e. The van der Waals surface area contributed by atoms with E-state index in [2.05, 4.69) is 102 Å². The van der Waals surface area contributed by atoms with Crippen molar-refractivity contribution in [3.05, 3.63) is 0 Å². The lowest BCUT2D eigenvalue weighted by molar-refractivity contribution is -0.0438. The van der Waals surface area contributed by atoms with Gasteiger partial charge in [-0.1, -0.05) is 167 Å². The highest BCUT2D eigenvalue weighted by atomic mass is 19.3. The van der Waals surface area contributed by atoms with Crippen molar-refractivity contribution in [2.24, 2.45) is 82.7 Å². The van der Waals surface area contributed by atoms with E-state index in [0.717, 1.165) is 77.1 Å². The molecule has 2 N–H and O–H groups in total. The summed E-state index contributed by atoms with van der Waals surface area (Å²) in [6, 6.07) is 1.37. The monoisotopic (exact) mass is 865 g/mol. The van der Waals surface area contributed by atoms with E-state index in [1.54, 1.807) is 0 Å². The minimum absolute atomic E-state index is 0.105. The van der Waals surface area contributed by atoms with Crippen LogP contribution in [0, 0.1) is 76.9 Å². The lowest BCUT2D eigenvalue weighted by Gasteiger charge is -2.34. The molecule has 0 atom stereocenters. The molecule has 0 bridgehead atoms. The van der Waals surface area contributed by atoms with Crippen LogP contribution >= 0.6 is 0 Å². The van der Waals surface area contributed by atoms with Crippen molar-refractivity contribution in [2.45, 2.75) is 275 Å². The predicted molar refractivity (Wildman–Crippen MR) is 270 cm³/mol. The Morgan fingerprint density at radius 2 is 0.639 bits per heavy atom. The Labute approximate surface area is 384 Å². The van der Waals surface area contributed by atoms with Crippen LogP contribution in [0.3, 0.4) is 0 Å². The van der Waals surface area contributed by atoms with Gasteiger partial charge in [0.1, 0.15) is 0 Å². The van der Waals surface area contributed by atoms with Gasteiger partial charge in [-0.25, -0.2) is 8.78 Å². The van der Waals surface area contributed by atoms with Gasteiger partial charge in [0, 0.05) is 24.9 Å². The molecule has 7 fully saturated rings. The third kappa shape index (κ3) is 28.4. The van der Waals surface area contributed by atoms with Crippen LogP contribution in [0.1, 0.15) is 257 Å². The van der Waals surface area contributed by atoms with E-state index >= 15 is 0 Å².